The van der Waals surface area contributed by atoms with Gasteiger partial charge in [0, 0.05) is 30.3 Å². The van der Waals surface area contributed by atoms with Crippen LogP contribution in [0.3, 0.4) is 0 Å². The Morgan fingerprint density at radius 3 is 2.44 bits per heavy atom. The predicted molar refractivity (Wildman–Crippen MR) is 120 cm³/mol. The molecule has 0 fully saturated rings. The Labute approximate surface area is 183 Å². The molecule has 3 aromatic rings. The first-order valence-corrected chi connectivity index (χ1v) is 9.58. The van der Waals surface area contributed by atoms with Crippen LogP contribution in [0.5, 0.6) is 5.75 Å². The van der Waals surface area contributed by atoms with Crippen LogP contribution in [-0.4, -0.2) is 23.0 Å². The summed E-state index contributed by atoms with van der Waals surface area (Å²) in [7, 11) is 0. The Kier molecular flexibility index (Phi) is 7.26. The number of nitro groups is 1. The van der Waals surface area contributed by atoms with E-state index < -0.39 is 10.8 Å². The number of nitrogens with one attached hydrogen (secondary N) is 2. The first kappa shape index (κ1) is 22.2. The van der Waals surface area contributed by atoms with Gasteiger partial charge < -0.3 is 10.1 Å². The average Bonchev–Trinajstić information content (AvgIpc) is 2.78. The first-order chi connectivity index (χ1) is 15.4. The Hall–Kier alpha value is -4.53. The molecule has 0 spiro atoms. The summed E-state index contributed by atoms with van der Waals surface area (Å²) >= 11 is 0. The highest BCUT2D eigenvalue weighted by Gasteiger charge is 2.06. The number of hydrogen-bond acceptors (Lipinski definition) is 6. The van der Waals surface area contributed by atoms with Crippen LogP contribution in [0.2, 0.25) is 0 Å². The van der Waals surface area contributed by atoms with E-state index in [9.17, 15) is 19.7 Å². The van der Waals surface area contributed by atoms with Gasteiger partial charge in [0.2, 0.25) is 5.91 Å². The van der Waals surface area contributed by atoms with E-state index >= 15 is 0 Å². The first-order valence-electron chi connectivity index (χ1n) is 9.58. The molecule has 0 saturated heterocycles. The summed E-state index contributed by atoms with van der Waals surface area (Å²) in [6.45, 7) is 1.67. The van der Waals surface area contributed by atoms with E-state index in [-0.39, 0.29) is 18.2 Å². The second-order valence-corrected chi connectivity index (χ2v) is 6.74. The highest BCUT2D eigenvalue weighted by Crippen LogP contribution is 2.16. The Morgan fingerprint density at radius 2 is 1.78 bits per heavy atom. The minimum Gasteiger partial charge on any atom is -0.489 e. The molecule has 0 radical (unpaired) electrons. The van der Waals surface area contributed by atoms with Crippen LogP contribution in [0.1, 0.15) is 28.4 Å². The topological polar surface area (TPSA) is 123 Å². The average molecular weight is 432 g/mol. The maximum absolute atomic E-state index is 12.2. The van der Waals surface area contributed by atoms with Gasteiger partial charge >= 0.3 is 0 Å². The molecule has 0 heterocycles. The van der Waals surface area contributed by atoms with Crippen molar-refractivity contribution in [1.29, 1.82) is 0 Å². The van der Waals surface area contributed by atoms with Gasteiger partial charge in [0.25, 0.3) is 11.6 Å². The van der Waals surface area contributed by atoms with Crippen LogP contribution in [0, 0.1) is 10.1 Å². The highest BCUT2D eigenvalue weighted by molar-refractivity contribution is 5.97. The van der Waals surface area contributed by atoms with Crippen molar-refractivity contribution < 1.29 is 19.2 Å². The van der Waals surface area contributed by atoms with Crippen LogP contribution in [0.15, 0.2) is 77.9 Å². The van der Waals surface area contributed by atoms with Crippen molar-refractivity contribution in [2.24, 2.45) is 5.10 Å². The normalized spacial score (nSPS) is 10.5. The zero-order valence-electron chi connectivity index (χ0n) is 17.1. The van der Waals surface area contributed by atoms with E-state index in [1.54, 1.807) is 60.7 Å². The number of nitrogens with zero attached hydrogens (tertiary/aromatic N) is 2. The molecule has 3 rings (SSSR count). The predicted octanol–water partition coefficient (Wildman–Crippen LogP) is 3.90. The molecule has 0 bridgehead atoms. The van der Waals surface area contributed by atoms with Crippen molar-refractivity contribution in [3.05, 3.63) is 99.6 Å². The minimum absolute atomic E-state index is 0.0323. The quantitative estimate of drug-likeness (QED) is 0.317. The van der Waals surface area contributed by atoms with Crippen LogP contribution in [0.25, 0.3) is 0 Å². The molecule has 2 N–H and O–H groups in total. The fourth-order valence-corrected chi connectivity index (χ4v) is 2.70. The zero-order chi connectivity index (χ0) is 22.9. The summed E-state index contributed by atoms with van der Waals surface area (Å²) in [4.78, 5) is 33.6. The van der Waals surface area contributed by atoms with Crippen molar-refractivity contribution in [3.8, 4) is 5.75 Å². The van der Waals surface area contributed by atoms with E-state index in [4.69, 9.17) is 4.74 Å². The number of rotatable bonds is 8. The number of amides is 2. The lowest BCUT2D eigenvalue weighted by Gasteiger charge is -2.06. The van der Waals surface area contributed by atoms with Crippen LogP contribution in [-0.2, 0) is 11.4 Å². The number of carbonyl (C=O) groups is 2. The number of hydrazone groups is 1. The molecular formula is C23H20N4O5. The molecule has 0 aromatic heterocycles. The van der Waals surface area contributed by atoms with E-state index in [1.165, 1.54) is 25.3 Å². The van der Waals surface area contributed by atoms with Gasteiger partial charge in [-0.15, -0.1) is 0 Å². The standard InChI is InChI=1S/C23H20N4O5/c1-16(28)25-20-4-2-3-19(13-20)23(29)26-24-14-17-7-11-22(12-8-17)32-15-18-5-9-21(10-6-18)27(30)31/h2-14H,15H2,1H3,(H,25,28)(H,26,29)/b24-14-. The van der Waals surface area contributed by atoms with Crippen molar-refractivity contribution in [2.45, 2.75) is 13.5 Å². The number of benzene rings is 3. The smallest absolute Gasteiger partial charge is 0.271 e. The summed E-state index contributed by atoms with van der Waals surface area (Å²) in [5.41, 5.74) is 4.92. The summed E-state index contributed by atoms with van der Waals surface area (Å²) in [5, 5.41) is 17.2. The molecule has 0 aliphatic rings. The van der Waals surface area contributed by atoms with Gasteiger partial charge in [0.05, 0.1) is 11.1 Å². The molecule has 0 unspecified atom stereocenters. The van der Waals surface area contributed by atoms with E-state index in [0.717, 1.165) is 11.1 Å². The Bertz CT molecular complexity index is 1140. The highest BCUT2D eigenvalue weighted by atomic mass is 16.6. The van der Waals surface area contributed by atoms with Gasteiger partial charge in [-0.1, -0.05) is 6.07 Å². The van der Waals surface area contributed by atoms with Crippen LogP contribution >= 0.6 is 0 Å². The summed E-state index contributed by atoms with van der Waals surface area (Å²) in [6, 6.07) is 19.8. The van der Waals surface area contributed by atoms with E-state index in [0.29, 0.717) is 17.0 Å². The monoisotopic (exact) mass is 432 g/mol. The molecule has 0 aliphatic heterocycles. The molecule has 32 heavy (non-hydrogen) atoms. The Morgan fingerprint density at radius 1 is 1.06 bits per heavy atom. The zero-order valence-corrected chi connectivity index (χ0v) is 17.1. The third-order valence-electron chi connectivity index (χ3n) is 4.26. The lowest BCUT2D eigenvalue weighted by Crippen LogP contribution is -2.18. The third kappa shape index (κ3) is 6.49. The summed E-state index contributed by atoms with van der Waals surface area (Å²) in [5.74, 6) is -0.00317. The number of nitro benzene ring substituents is 1. The molecular weight excluding hydrogens is 412 g/mol. The maximum atomic E-state index is 12.2. The second kappa shape index (κ2) is 10.5. The van der Waals surface area contributed by atoms with Crippen LogP contribution in [0.4, 0.5) is 11.4 Å². The molecule has 162 valence electrons. The fourth-order valence-electron chi connectivity index (χ4n) is 2.70. The number of hydrogen-bond donors (Lipinski definition) is 2. The SMILES string of the molecule is CC(=O)Nc1cccc(C(=O)N/N=C\c2ccc(OCc3ccc([N+](=O)[O-])cc3)cc2)c1. The molecule has 0 atom stereocenters. The molecule has 0 saturated carbocycles. The number of carbonyl (C=O) groups excluding carboxylic acids is 2. The van der Waals surface area contributed by atoms with Crippen molar-refractivity contribution >= 4 is 29.4 Å². The van der Waals surface area contributed by atoms with Crippen molar-refractivity contribution in [1.82, 2.24) is 5.43 Å². The van der Waals surface area contributed by atoms with Gasteiger partial charge in [0.1, 0.15) is 12.4 Å². The summed E-state index contributed by atoms with van der Waals surface area (Å²) < 4.78 is 5.67. The Balaban J connectivity index is 1.51. The molecule has 2 amide bonds. The van der Waals surface area contributed by atoms with Gasteiger partial charge in [-0.05, 0) is 65.7 Å². The lowest BCUT2D eigenvalue weighted by atomic mass is 10.2. The molecule has 3 aromatic carbocycles. The van der Waals surface area contributed by atoms with E-state index in [1.807, 2.05) is 0 Å². The largest absolute Gasteiger partial charge is 0.489 e. The number of non-ortho nitro benzene ring substituents is 1. The summed E-state index contributed by atoms with van der Waals surface area (Å²) in [6.07, 6.45) is 1.50. The maximum Gasteiger partial charge on any atom is 0.271 e. The van der Waals surface area contributed by atoms with E-state index in [2.05, 4.69) is 15.8 Å². The van der Waals surface area contributed by atoms with Gasteiger partial charge in [-0.3, -0.25) is 19.7 Å². The van der Waals surface area contributed by atoms with Crippen LogP contribution < -0.4 is 15.5 Å². The molecule has 0 aliphatic carbocycles. The van der Waals surface area contributed by atoms with Crippen molar-refractivity contribution in [2.75, 3.05) is 5.32 Å². The number of ether oxygens (including phenoxy) is 1. The van der Waals surface area contributed by atoms with Gasteiger partial charge in [0.15, 0.2) is 0 Å². The third-order valence-corrected chi connectivity index (χ3v) is 4.26. The second-order valence-electron chi connectivity index (χ2n) is 6.74. The lowest BCUT2D eigenvalue weighted by molar-refractivity contribution is -0.384. The number of anilines is 1. The molecule has 9 nitrogen and oxygen atoms in total. The van der Waals surface area contributed by atoms with Gasteiger partial charge in [-0.25, -0.2) is 5.43 Å². The fraction of sp³-hybridized carbons (Fsp3) is 0.0870. The minimum atomic E-state index is -0.448. The van der Waals surface area contributed by atoms with Gasteiger partial charge in [-0.2, -0.15) is 5.10 Å². The molecule has 9 heteroatoms. The van der Waals surface area contributed by atoms with Crippen molar-refractivity contribution in [3.63, 3.8) is 0 Å².